The molecule has 0 spiro atoms. The van der Waals surface area contributed by atoms with E-state index in [4.69, 9.17) is 4.74 Å². The lowest BCUT2D eigenvalue weighted by atomic mass is 10.0. The van der Waals surface area contributed by atoms with Crippen molar-refractivity contribution in [2.75, 3.05) is 25.6 Å². The number of nitrogens with one attached hydrogen (secondary N) is 1. The fourth-order valence-electron chi connectivity index (χ4n) is 3.59. The highest BCUT2D eigenvalue weighted by Crippen LogP contribution is 2.46. The van der Waals surface area contributed by atoms with Gasteiger partial charge in [0.1, 0.15) is 11.6 Å². The third kappa shape index (κ3) is 3.38. The van der Waals surface area contributed by atoms with Gasteiger partial charge in [-0.1, -0.05) is 0 Å². The average Bonchev–Trinajstić information content (AvgIpc) is 3.31. The first kappa shape index (κ1) is 18.2. The van der Waals surface area contributed by atoms with Crippen LogP contribution in [0.25, 0.3) is 10.4 Å². The molecule has 0 unspecified atom stereocenters. The molecule has 0 saturated carbocycles. The van der Waals surface area contributed by atoms with Gasteiger partial charge in [-0.15, -0.1) is 11.3 Å². The van der Waals surface area contributed by atoms with E-state index in [1.54, 1.807) is 18.0 Å². The Labute approximate surface area is 163 Å². The van der Waals surface area contributed by atoms with Gasteiger partial charge < -0.3 is 10.1 Å². The Balaban J connectivity index is 1.58. The molecule has 1 N–H and O–H groups in total. The number of anilines is 2. The largest absolute Gasteiger partial charge is 0.383 e. The van der Waals surface area contributed by atoms with E-state index in [2.05, 4.69) is 52.3 Å². The standard InChI is InChI=1S/C20H25N5OS/c1-20(2)19-15(13-25(20)9-10-26-4)11-16(27-19)14-5-7-21-17(12-14)23-18-6-8-22-24(18)3/h5-8,11-12H,9-10,13H2,1-4H3,(H,21,23). The lowest BCUT2D eigenvalue weighted by Crippen LogP contribution is -2.37. The number of pyridine rings is 1. The van der Waals surface area contributed by atoms with Crippen LogP contribution in [0.4, 0.5) is 11.6 Å². The molecule has 3 aromatic rings. The summed E-state index contributed by atoms with van der Waals surface area (Å²) in [5.41, 5.74) is 2.65. The first-order valence-electron chi connectivity index (χ1n) is 9.07. The number of nitrogens with zero attached hydrogens (tertiary/aromatic N) is 4. The smallest absolute Gasteiger partial charge is 0.132 e. The van der Waals surface area contributed by atoms with Crippen LogP contribution in [0.15, 0.2) is 36.7 Å². The van der Waals surface area contributed by atoms with Crippen molar-refractivity contribution in [2.45, 2.75) is 25.9 Å². The summed E-state index contributed by atoms with van der Waals surface area (Å²) in [6, 6.07) is 8.44. The van der Waals surface area contributed by atoms with E-state index >= 15 is 0 Å². The van der Waals surface area contributed by atoms with Crippen LogP contribution in [0.5, 0.6) is 0 Å². The predicted octanol–water partition coefficient (Wildman–Crippen LogP) is 3.98. The van der Waals surface area contributed by atoms with Crippen LogP contribution < -0.4 is 5.32 Å². The Bertz CT molecular complexity index is 946. The van der Waals surface area contributed by atoms with Crippen LogP contribution in [0.3, 0.4) is 0 Å². The molecule has 0 atom stereocenters. The summed E-state index contributed by atoms with van der Waals surface area (Å²) < 4.78 is 7.07. The van der Waals surface area contributed by atoms with E-state index in [0.29, 0.717) is 0 Å². The Hall–Kier alpha value is -2.22. The molecular weight excluding hydrogens is 358 g/mol. The highest BCUT2D eigenvalue weighted by molar-refractivity contribution is 7.15. The van der Waals surface area contributed by atoms with Crippen molar-refractivity contribution in [1.29, 1.82) is 0 Å². The highest BCUT2D eigenvalue weighted by atomic mass is 32.1. The first-order chi connectivity index (χ1) is 13.0. The molecular formula is C20H25N5OS. The maximum Gasteiger partial charge on any atom is 0.132 e. The molecule has 0 amide bonds. The SMILES string of the molecule is COCCN1Cc2cc(-c3ccnc(Nc4ccnn4C)c3)sc2C1(C)C. The Morgan fingerprint density at radius 1 is 1.26 bits per heavy atom. The summed E-state index contributed by atoms with van der Waals surface area (Å²) in [6.07, 6.45) is 3.63. The number of methoxy groups -OCH3 is 1. The van der Waals surface area contributed by atoms with Crippen molar-refractivity contribution < 1.29 is 4.74 Å². The summed E-state index contributed by atoms with van der Waals surface area (Å²) in [4.78, 5) is 9.68. The molecule has 3 aromatic heterocycles. The van der Waals surface area contributed by atoms with Gasteiger partial charge in [0.05, 0.1) is 18.3 Å². The van der Waals surface area contributed by atoms with E-state index in [-0.39, 0.29) is 5.54 Å². The van der Waals surface area contributed by atoms with E-state index in [0.717, 1.165) is 31.3 Å². The van der Waals surface area contributed by atoms with Gasteiger partial charge in [-0.25, -0.2) is 4.98 Å². The van der Waals surface area contributed by atoms with Gasteiger partial charge in [-0.05, 0) is 43.2 Å². The molecule has 0 radical (unpaired) electrons. The minimum atomic E-state index is 0.0413. The molecule has 1 aliphatic rings. The van der Waals surface area contributed by atoms with E-state index in [1.807, 2.05) is 30.6 Å². The number of fused-ring (bicyclic) bond motifs is 1. The van der Waals surface area contributed by atoms with Crippen molar-refractivity contribution in [2.24, 2.45) is 7.05 Å². The number of aromatic nitrogens is 3. The molecule has 0 aromatic carbocycles. The molecule has 27 heavy (non-hydrogen) atoms. The zero-order valence-corrected chi connectivity index (χ0v) is 17.0. The summed E-state index contributed by atoms with van der Waals surface area (Å²) >= 11 is 1.88. The van der Waals surface area contributed by atoms with Crippen molar-refractivity contribution in [3.8, 4) is 10.4 Å². The monoisotopic (exact) mass is 383 g/mol. The molecule has 0 aliphatic carbocycles. The first-order valence-corrected chi connectivity index (χ1v) is 9.89. The molecule has 7 heteroatoms. The van der Waals surface area contributed by atoms with Crippen molar-refractivity contribution >= 4 is 23.0 Å². The number of aryl methyl sites for hydroxylation is 1. The molecule has 0 fully saturated rings. The molecule has 4 heterocycles. The van der Waals surface area contributed by atoms with Gasteiger partial charge in [-0.2, -0.15) is 5.10 Å². The Morgan fingerprint density at radius 3 is 2.81 bits per heavy atom. The van der Waals surface area contributed by atoms with Crippen LogP contribution in [-0.4, -0.2) is 39.9 Å². The third-order valence-electron chi connectivity index (χ3n) is 5.20. The second-order valence-corrected chi connectivity index (χ2v) is 8.39. The minimum absolute atomic E-state index is 0.0413. The molecule has 0 saturated heterocycles. The summed E-state index contributed by atoms with van der Waals surface area (Å²) in [7, 11) is 3.67. The predicted molar refractivity (Wildman–Crippen MR) is 109 cm³/mol. The summed E-state index contributed by atoms with van der Waals surface area (Å²) in [5, 5.41) is 7.52. The van der Waals surface area contributed by atoms with Crippen molar-refractivity contribution in [3.63, 3.8) is 0 Å². The van der Waals surface area contributed by atoms with Gasteiger partial charge in [0.15, 0.2) is 0 Å². The normalized spacial score (nSPS) is 15.9. The van der Waals surface area contributed by atoms with Crippen LogP contribution in [0.2, 0.25) is 0 Å². The average molecular weight is 384 g/mol. The Kier molecular flexibility index (Phi) is 4.75. The third-order valence-corrected chi connectivity index (χ3v) is 6.74. The number of hydrogen-bond donors (Lipinski definition) is 1. The fraction of sp³-hybridized carbons (Fsp3) is 0.400. The van der Waals surface area contributed by atoms with Crippen LogP contribution in [0, 0.1) is 0 Å². The zero-order valence-electron chi connectivity index (χ0n) is 16.2. The van der Waals surface area contributed by atoms with Gasteiger partial charge in [0.2, 0.25) is 0 Å². The fourth-order valence-corrected chi connectivity index (χ4v) is 4.89. The second kappa shape index (κ2) is 7.07. The van der Waals surface area contributed by atoms with Crippen LogP contribution >= 0.6 is 11.3 Å². The van der Waals surface area contributed by atoms with Crippen LogP contribution in [-0.2, 0) is 23.9 Å². The molecule has 6 nitrogen and oxygen atoms in total. The van der Waals surface area contributed by atoms with Gasteiger partial charge in [0.25, 0.3) is 0 Å². The van der Waals surface area contributed by atoms with Crippen molar-refractivity contribution in [3.05, 3.63) is 47.1 Å². The van der Waals surface area contributed by atoms with E-state index in [1.165, 1.54) is 20.9 Å². The zero-order chi connectivity index (χ0) is 19.0. The highest BCUT2D eigenvalue weighted by Gasteiger charge is 2.38. The van der Waals surface area contributed by atoms with E-state index in [9.17, 15) is 0 Å². The molecule has 1 aliphatic heterocycles. The van der Waals surface area contributed by atoms with Gasteiger partial charge in [-0.3, -0.25) is 9.58 Å². The van der Waals surface area contributed by atoms with E-state index < -0.39 is 0 Å². The maximum atomic E-state index is 5.27. The minimum Gasteiger partial charge on any atom is -0.383 e. The quantitative estimate of drug-likeness (QED) is 0.698. The number of rotatable bonds is 6. The molecule has 142 valence electrons. The second-order valence-electron chi connectivity index (χ2n) is 7.33. The summed E-state index contributed by atoms with van der Waals surface area (Å²) in [6.45, 7) is 7.30. The number of thiophene rings is 1. The lowest BCUT2D eigenvalue weighted by molar-refractivity contribution is 0.0873. The topological polar surface area (TPSA) is 55.2 Å². The molecule has 0 bridgehead atoms. The van der Waals surface area contributed by atoms with Crippen LogP contribution in [0.1, 0.15) is 24.3 Å². The lowest BCUT2D eigenvalue weighted by Gasteiger charge is -2.31. The number of ether oxygens (including phenoxy) is 1. The van der Waals surface area contributed by atoms with Crippen molar-refractivity contribution in [1.82, 2.24) is 19.7 Å². The maximum absolute atomic E-state index is 5.27. The molecule has 4 rings (SSSR count). The van der Waals surface area contributed by atoms with Gasteiger partial charge >= 0.3 is 0 Å². The Morgan fingerprint density at radius 2 is 2.11 bits per heavy atom. The number of hydrogen-bond acceptors (Lipinski definition) is 6. The van der Waals surface area contributed by atoms with Gasteiger partial charge in [0, 0.05) is 49.3 Å². The summed E-state index contributed by atoms with van der Waals surface area (Å²) in [5.74, 6) is 1.74.